The maximum Gasteiger partial charge on any atom is 0.331 e. The van der Waals surface area contributed by atoms with Gasteiger partial charge < -0.3 is 48.5 Å². The fraction of sp³-hybridized carbons (Fsp3) is 0.824. The number of aldehydes is 1. The summed E-state index contributed by atoms with van der Waals surface area (Å²) >= 11 is 0. The second kappa shape index (κ2) is 12.2. The Hall–Kier alpha value is -2.42. The second-order valence-corrected chi connectivity index (χ2v) is 14.9. The van der Waals surface area contributed by atoms with Crippen molar-refractivity contribution in [3.63, 3.8) is 0 Å². The van der Waals surface area contributed by atoms with Crippen LogP contribution in [0.2, 0.25) is 0 Å². The third-order valence-electron chi connectivity index (χ3n) is 12.7. The van der Waals surface area contributed by atoms with Crippen LogP contribution in [-0.4, -0.2) is 107 Å². The van der Waals surface area contributed by atoms with Crippen molar-refractivity contribution < 1.29 is 62.9 Å². The highest BCUT2D eigenvalue weighted by Gasteiger charge is 2.74. The zero-order valence-electron chi connectivity index (χ0n) is 27.7. The minimum atomic E-state index is -1.56. The Morgan fingerprint density at radius 3 is 2.36 bits per heavy atom. The Labute approximate surface area is 274 Å². The van der Waals surface area contributed by atoms with Crippen molar-refractivity contribution in [1.29, 1.82) is 0 Å². The van der Waals surface area contributed by atoms with Gasteiger partial charge in [-0.05, 0) is 69.3 Å². The first-order valence-corrected chi connectivity index (χ1v) is 16.8. The molecule has 0 bridgehead atoms. The molecular formula is C34H48O13. The lowest BCUT2D eigenvalue weighted by molar-refractivity contribution is -0.323. The molecule has 0 aromatic rings. The van der Waals surface area contributed by atoms with Gasteiger partial charge in [0.15, 0.2) is 12.4 Å². The van der Waals surface area contributed by atoms with Gasteiger partial charge in [0, 0.05) is 44.8 Å². The standard InChI is InChI=1S/C34H48O13/c1-17-28(46-19(3)37)29(42-5)27(39)30(44-17)47-21-6-9-32(16-35)26-23(7-10-33(32,40)13-21)34(41)11-8-22(20-12-25(38)43-15-20)31(34,4)14-24(26)45-18(2)36/h12,16-17,21-24,26-30,39-41H,6-11,13-15H2,1-5H3/t17?,21-,22+,23?,24?,26?,27?,28?,29?,30?,31+,32-,33-,34-/m0/s1. The van der Waals surface area contributed by atoms with Crippen molar-refractivity contribution >= 4 is 24.2 Å². The number of rotatable bonds is 7. The van der Waals surface area contributed by atoms with Gasteiger partial charge in [0.1, 0.15) is 31.2 Å². The highest BCUT2D eigenvalue weighted by atomic mass is 16.7. The topological polar surface area (TPSA) is 184 Å². The molecule has 4 aliphatic carbocycles. The molecule has 13 nitrogen and oxygen atoms in total. The van der Waals surface area contributed by atoms with Gasteiger partial charge in [0.2, 0.25) is 0 Å². The van der Waals surface area contributed by atoms with Crippen LogP contribution in [0.4, 0.5) is 0 Å². The number of esters is 3. The first-order chi connectivity index (χ1) is 22.1. The summed E-state index contributed by atoms with van der Waals surface area (Å²) in [6, 6.07) is 0. The fourth-order valence-corrected chi connectivity index (χ4v) is 10.7. The molecule has 4 saturated carbocycles. The van der Waals surface area contributed by atoms with Crippen LogP contribution in [0.25, 0.3) is 0 Å². The molecular weight excluding hydrogens is 616 g/mol. The first-order valence-electron chi connectivity index (χ1n) is 16.8. The summed E-state index contributed by atoms with van der Waals surface area (Å²) in [4.78, 5) is 49.6. The Bertz CT molecular complexity index is 1320. The Morgan fingerprint density at radius 2 is 1.74 bits per heavy atom. The van der Waals surface area contributed by atoms with Gasteiger partial charge in [-0.2, -0.15) is 0 Å². The number of hydrogen-bond donors (Lipinski definition) is 3. The van der Waals surface area contributed by atoms with Gasteiger partial charge in [-0.1, -0.05) is 6.92 Å². The van der Waals surface area contributed by atoms with Crippen molar-refractivity contribution in [2.45, 2.75) is 133 Å². The summed E-state index contributed by atoms with van der Waals surface area (Å²) in [5.74, 6) is -2.75. The lowest BCUT2D eigenvalue weighted by Crippen LogP contribution is -2.72. The van der Waals surface area contributed by atoms with E-state index in [-0.39, 0.29) is 38.2 Å². The Balaban J connectivity index is 1.27. The molecule has 6 rings (SSSR count). The molecule has 8 unspecified atom stereocenters. The summed E-state index contributed by atoms with van der Waals surface area (Å²) in [7, 11) is 1.40. The van der Waals surface area contributed by atoms with Crippen molar-refractivity contribution in [2.75, 3.05) is 13.7 Å². The number of carbonyl (C=O) groups is 4. The van der Waals surface area contributed by atoms with Crippen molar-refractivity contribution in [1.82, 2.24) is 0 Å². The van der Waals surface area contributed by atoms with Crippen LogP contribution >= 0.6 is 0 Å². The van der Waals surface area contributed by atoms with E-state index in [0.717, 1.165) is 11.9 Å². The number of fused-ring (bicyclic) bond motifs is 5. The smallest absolute Gasteiger partial charge is 0.331 e. The molecule has 13 heteroatoms. The van der Waals surface area contributed by atoms with E-state index < -0.39 is 94.7 Å². The maximum atomic E-state index is 13.4. The van der Waals surface area contributed by atoms with Crippen LogP contribution in [-0.2, 0) is 47.6 Å². The van der Waals surface area contributed by atoms with Gasteiger partial charge in [-0.25, -0.2) is 4.79 Å². The molecule has 0 aromatic carbocycles. The van der Waals surface area contributed by atoms with E-state index in [2.05, 4.69) is 0 Å². The van der Waals surface area contributed by atoms with E-state index in [1.54, 1.807) is 6.92 Å². The lowest BCUT2D eigenvalue weighted by Gasteiger charge is -2.66. The van der Waals surface area contributed by atoms with Crippen molar-refractivity contribution in [2.24, 2.45) is 28.6 Å². The molecule has 1 saturated heterocycles. The molecule has 3 N–H and O–H groups in total. The van der Waals surface area contributed by atoms with Crippen molar-refractivity contribution in [3.8, 4) is 0 Å². The molecule has 2 heterocycles. The second-order valence-electron chi connectivity index (χ2n) is 14.9. The van der Waals surface area contributed by atoms with Crippen LogP contribution in [0.5, 0.6) is 0 Å². The van der Waals surface area contributed by atoms with Gasteiger partial charge in [-0.15, -0.1) is 0 Å². The molecule has 0 aromatic heterocycles. The zero-order valence-corrected chi connectivity index (χ0v) is 27.7. The molecule has 0 amide bonds. The molecule has 0 radical (unpaired) electrons. The first kappa shape index (κ1) is 34.4. The van der Waals surface area contributed by atoms with Gasteiger partial charge in [0.05, 0.1) is 28.8 Å². The number of aliphatic hydroxyl groups is 3. The summed E-state index contributed by atoms with van der Waals surface area (Å²) in [6.45, 7) is 6.41. The third-order valence-corrected chi connectivity index (χ3v) is 12.7. The van der Waals surface area contributed by atoms with Crippen molar-refractivity contribution in [3.05, 3.63) is 11.6 Å². The minimum absolute atomic E-state index is 0.0540. The average molecular weight is 665 g/mol. The number of carbonyl (C=O) groups excluding carboxylic acids is 4. The van der Waals surface area contributed by atoms with Gasteiger partial charge >= 0.3 is 17.9 Å². The van der Waals surface area contributed by atoms with E-state index in [1.807, 2.05) is 6.92 Å². The lowest BCUT2D eigenvalue weighted by atomic mass is 9.41. The van der Waals surface area contributed by atoms with E-state index >= 15 is 0 Å². The number of ether oxygens (including phenoxy) is 6. The molecule has 14 atom stereocenters. The molecule has 0 spiro atoms. The Morgan fingerprint density at radius 1 is 1.02 bits per heavy atom. The van der Waals surface area contributed by atoms with Crippen LogP contribution in [0.15, 0.2) is 11.6 Å². The number of hydrogen-bond acceptors (Lipinski definition) is 13. The normalized spacial score (nSPS) is 49.1. The average Bonchev–Trinajstić information content (AvgIpc) is 3.54. The highest BCUT2D eigenvalue weighted by molar-refractivity contribution is 5.85. The maximum absolute atomic E-state index is 13.4. The summed E-state index contributed by atoms with van der Waals surface area (Å²) in [5.41, 5.74) is -4.08. The molecule has 47 heavy (non-hydrogen) atoms. The molecule has 262 valence electrons. The van der Waals surface area contributed by atoms with E-state index in [0.29, 0.717) is 25.7 Å². The van der Waals surface area contributed by atoms with Gasteiger partial charge in [-0.3, -0.25) is 9.59 Å². The SMILES string of the molecule is COC1C(O)C(O[C@H]2CC[C@]3(C=O)C4C(OC(C)=O)C[C@]5(C)[C@@H](C6=CC(=O)OC6)CC[C@]5(O)C4CC[C@]3(O)C2)OC(C)C1OC(C)=O. The Kier molecular flexibility index (Phi) is 8.92. The third kappa shape index (κ3) is 5.27. The predicted molar refractivity (Wildman–Crippen MR) is 160 cm³/mol. The summed E-state index contributed by atoms with van der Waals surface area (Å²) in [5, 5.41) is 36.2. The number of methoxy groups -OCH3 is 1. The van der Waals surface area contributed by atoms with Crippen LogP contribution in [0.1, 0.15) is 79.1 Å². The molecule has 2 aliphatic heterocycles. The largest absolute Gasteiger partial charge is 0.462 e. The van der Waals surface area contributed by atoms with Crippen LogP contribution in [0.3, 0.4) is 0 Å². The van der Waals surface area contributed by atoms with E-state index in [4.69, 9.17) is 28.4 Å². The molecule has 6 aliphatic rings. The number of aliphatic hydroxyl groups excluding tert-OH is 1. The van der Waals surface area contributed by atoms with Crippen LogP contribution < -0.4 is 0 Å². The minimum Gasteiger partial charge on any atom is -0.462 e. The monoisotopic (exact) mass is 664 g/mol. The predicted octanol–water partition coefficient (Wildman–Crippen LogP) is 1.52. The van der Waals surface area contributed by atoms with Gasteiger partial charge in [0.25, 0.3) is 0 Å². The number of cyclic esters (lactones) is 1. The fourth-order valence-electron chi connectivity index (χ4n) is 10.7. The quantitative estimate of drug-likeness (QED) is 0.154. The summed E-state index contributed by atoms with van der Waals surface area (Å²) in [6.07, 6.45) is -1.45. The summed E-state index contributed by atoms with van der Waals surface area (Å²) < 4.78 is 34.2. The van der Waals surface area contributed by atoms with E-state index in [1.165, 1.54) is 27.0 Å². The van der Waals surface area contributed by atoms with Crippen LogP contribution in [0, 0.1) is 28.6 Å². The zero-order chi connectivity index (χ0) is 34.1. The van der Waals surface area contributed by atoms with E-state index in [9.17, 15) is 34.5 Å². The molecule has 5 fully saturated rings. The highest BCUT2D eigenvalue weighted by Crippen LogP contribution is 2.71.